The van der Waals surface area contributed by atoms with Crippen LogP contribution in [0.4, 0.5) is 0 Å². The fourth-order valence-corrected chi connectivity index (χ4v) is 4.68. The monoisotopic (exact) mass is 390 g/mol. The SMILES string of the molecule is Cc1cc(OC2CCN(S(=O)(=O)c3ccc4oc(=O)[nH]c4c3)C2)nc(C)n1. The first kappa shape index (κ1) is 17.7. The maximum absolute atomic E-state index is 12.9. The second-order valence-electron chi connectivity index (χ2n) is 6.46. The number of hydrogen-bond acceptors (Lipinski definition) is 7. The number of benzene rings is 1. The lowest BCUT2D eigenvalue weighted by Crippen LogP contribution is -2.31. The van der Waals surface area contributed by atoms with Gasteiger partial charge in [0.2, 0.25) is 15.9 Å². The molecular formula is C17H18N4O5S. The topological polar surface area (TPSA) is 118 Å². The average molecular weight is 390 g/mol. The molecule has 1 aliphatic rings. The number of sulfonamides is 1. The van der Waals surface area contributed by atoms with Gasteiger partial charge < -0.3 is 9.15 Å². The Hall–Kier alpha value is -2.72. The normalized spacial score (nSPS) is 18.2. The zero-order chi connectivity index (χ0) is 19.2. The van der Waals surface area contributed by atoms with Crippen LogP contribution >= 0.6 is 0 Å². The first-order valence-corrected chi connectivity index (χ1v) is 9.87. The molecule has 2 aromatic heterocycles. The molecule has 1 saturated heterocycles. The predicted octanol–water partition coefficient (Wildman–Crippen LogP) is 1.37. The van der Waals surface area contributed by atoms with Crippen molar-refractivity contribution in [3.63, 3.8) is 0 Å². The smallest absolute Gasteiger partial charge is 0.417 e. The van der Waals surface area contributed by atoms with Crippen LogP contribution < -0.4 is 10.5 Å². The number of rotatable bonds is 4. The van der Waals surface area contributed by atoms with Crippen LogP contribution in [-0.4, -0.2) is 46.9 Å². The summed E-state index contributed by atoms with van der Waals surface area (Å²) in [5.41, 5.74) is 1.46. The minimum Gasteiger partial charge on any atom is -0.473 e. The van der Waals surface area contributed by atoms with E-state index in [-0.39, 0.29) is 17.5 Å². The van der Waals surface area contributed by atoms with E-state index < -0.39 is 15.8 Å². The second kappa shape index (κ2) is 6.46. The van der Waals surface area contributed by atoms with E-state index >= 15 is 0 Å². The number of oxazole rings is 1. The number of aromatic nitrogens is 3. The van der Waals surface area contributed by atoms with Gasteiger partial charge in [-0.3, -0.25) is 4.98 Å². The van der Waals surface area contributed by atoms with E-state index in [9.17, 15) is 13.2 Å². The Kier molecular flexibility index (Phi) is 4.23. The molecule has 0 bridgehead atoms. The van der Waals surface area contributed by atoms with Gasteiger partial charge in [0.15, 0.2) is 5.58 Å². The van der Waals surface area contributed by atoms with Gasteiger partial charge in [0.1, 0.15) is 11.9 Å². The van der Waals surface area contributed by atoms with Crippen LogP contribution in [0.3, 0.4) is 0 Å². The lowest BCUT2D eigenvalue weighted by molar-refractivity contribution is 0.206. The van der Waals surface area contributed by atoms with Crippen molar-refractivity contribution >= 4 is 21.1 Å². The molecule has 0 spiro atoms. The third-order valence-corrected chi connectivity index (χ3v) is 6.23. The Bertz CT molecular complexity index is 1150. The Balaban J connectivity index is 1.53. The molecule has 0 amide bonds. The number of aryl methyl sites for hydroxylation is 2. The minimum atomic E-state index is -3.71. The Morgan fingerprint density at radius 2 is 2.07 bits per heavy atom. The molecule has 142 valence electrons. The second-order valence-corrected chi connectivity index (χ2v) is 8.40. The summed E-state index contributed by atoms with van der Waals surface area (Å²) in [6.07, 6.45) is 0.275. The average Bonchev–Trinajstić information content (AvgIpc) is 3.18. The first-order valence-electron chi connectivity index (χ1n) is 8.43. The van der Waals surface area contributed by atoms with Crippen LogP contribution in [-0.2, 0) is 10.0 Å². The van der Waals surface area contributed by atoms with Crippen LogP contribution in [0.25, 0.3) is 11.1 Å². The van der Waals surface area contributed by atoms with Gasteiger partial charge in [-0.1, -0.05) is 0 Å². The van der Waals surface area contributed by atoms with E-state index in [1.54, 1.807) is 13.0 Å². The molecule has 27 heavy (non-hydrogen) atoms. The molecule has 1 atom stereocenters. The highest BCUT2D eigenvalue weighted by Gasteiger charge is 2.34. The predicted molar refractivity (Wildman–Crippen MR) is 96.1 cm³/mol. The van der Waals surface area contributed by atoms with Gasteiger partial charge in [-0.2, -0.15) is 9.29 Å². The Labute approximate surface area is 155 Å². The quantitative estimate of drug-likeness (QED) is 0.715. The molecule has 9 nitrogen and oxygen atoms in total. The molecule has 1 N–H and O–H groups in total. The van der Waals surface area contributed by atoms with Crippen molar-refractivity contribution in [2.24, 2.45) is 0 Å². The summed E-state index contributed by atoms with van der Waals surface area (Å²) in [6, 6.07) is 6.03. The van der Waals surface area contributed by atoms with Gasteiger partial charge in [-0.05, 0) is 38.5 Å². The number of nitrogens with one attached hydrogen (secondary N) is 1. The molecular weight excluding hydrogens is 372 g/mol. The summed E-state index contributed by atoms with van der Waals surface area (Å²) < 4.78 is 38.0. The summed E-state index contributed by atoms with van der Waals surface area (Å²) in [5, 5.41) is 0. The van der Waals surface area contributed by atoms with Crippen molar-refractivity contribution < 1.29 is 17.6 Å². The van der Waals surface area contributed by atoms with E-state index in [1.165, 1.54) is 22.5 Å². The zero-order valence-electron chi connectivity index (χ0n) is 14.8. The lowest BCUT2D eigenvalue weighted by Gasteiger charge is -2.17. The van der Waals surface area contributed by atoms with Crippen molar-refractivity contribution in [2.75, 3.05) is 13.1 Å². The summed E-state index contributed by atoms with van der Waals surface area (Å²) in [7, 11) is -3.71. The summed E-state index contributed by atoms with van der Waals surface area (Å²) in [6.45, 7) is 4.20. The number of fused-ring (bicyclic) bond motifs is 1. The summed E-state index contributed by atoms with van der Waals surface area (Å²) >= 11 is 0. The molecule has 4 rings (SSSR count). The van der Waals surface area contributed by atoms with E-state index in [0.29, 0.717) is 35.8 Å². The molecule has 1 aliphatic heterocycles. The van der Waals surface area contributed by atoms with Crippen LogP contribution in [0.15, 0.2) is 38.4 Å². The fourth-order valence-electron chi connectivity index (χ4n) is 3.17. The van der Waals surface area contributed by atoms with Gasteiger partial charge in [0.05, 0.1) is 17.0 Å². The molecule has 0 aliphatic carbocycles. The summed E-state index contributed by atoms with van der Waals surface area (Å²) in [4.78, 5) is 22.3. The molecule has 3 aromatic rings. The highest BCUT2D eigenvalue weighted by atomic mass is 32.2. The maximum Gasteiger partial charge on any atom is 0.417 e. The van der Waals surface area contributed by atoms with Crippen LogP contribution in [0.1, 0.15) is 17.9 Å². The van der Waals surface area contributed by atoms with Gasteiger partial charge in [0.25, 0.3) is 0 Å². The molecule has 1 unspecified atom stereocenters. The molecule has 0 radical (unpaired) electrons. The third kappa shape index (κ3) is 3.45. The largest absolute Gasteiger partial charge is 0.473 e. The van der Waals surface area contributed by atoms with Crippen molar-refractivity contribution in [1.29, 1.82) is 0 Å². The zero-order valence-corrected chi connectivity index (χ0v) is 15.6. The third-order valence-electron chi connectivity index (χ3n) is 4.37. The molecule has 0 saturated carbocycles. The van der Waals surface area contributed by atoms with E-state index in [2.05, 4.69) is 15.0 Å². The highest BCUT2D eigenvalue weighted by Crippen LogP contribution is 2.25. The van der Waals surface area contributed by atoms with Crippen molar-refractivity contribution in [3.8, 4) is 5.88 Å². The van der Waals surface area contributed by atoms with Crippen molar-refractivity contribution in [1.82, 2.24) is 19.3 Å². The standard InChI is InChI=1S/C17H18N4O5S/c1-10-7-16(19-11(2)18-10)25-12-5-6-21(9-12)27(23,24)13-3-4-15-14(8-13)20-17(22)26-15/h3-4,7-8,12H,5-6,9H2,1-2H3,(H,20,22). The van der Waals surface area contributed by atoms with Crippen molar-refractivity contribution in [2.45, 2.75) is 31.3 Å². The van der Waals surface area contributed by atoms with E-state index in [0.717, 1.165) is 5.69 Å². The number of aromatic amines is 1. The number of H-pyrrole nitrogens is 1. The minimum absolute atomic E-state index is 0.0985. The summed E-state index contributed by atoms with van der Waals surface area (Å²) in [5.74, 6) is 0.432. The Morgan fingerprint density at radius 1 is 1.26 bits per heavy atom. The fraction of sp³-hybridized carbons (Fsp3) is 0.353. The first-order chi connectivity index (χ1) is 12.8. The van der Waals surface area contributed by atoms with Crippen LogP contribution in [0, 0.1) is 13.8 Å². The lowest BCUT2D eigenvalue weighted by atomic mass is 10.3. The molecule has 1 fully saturated rings. The van der Waals surface area contributed by atoms with E-state index in [4.69, 9.17) is 9.15 Å². The van der Waals surface area contributed by atoms with Crippen LogP contribution in [0.5, 0.6) is 5.88 Å². The van der Waals surface area contributed by atoms with Crippen LogP contribution in [0.2, 0.25) is 0 Å². The molecule has 1 aromatic carbocycles. The number of ether oxygens (including phenoxy) is 1. The van der Waals surface area contributed by atoms with Gasteiger partial charge >= 0.3 is 5.76 Å². The highest BCUT2D eigenvalue weighted by molar-refractivity contribution is 7.89. The number of hydrogen-bond donors (Lipinski definition) is 1. The maximum atomic E-state index is 12.9. The molecule has 10 heteroatoms. The van der Waals surface area contributed by atoms with Crippen molar-refractivity contribution in [3.05, 3.63) is 46.3 Å². The van der Waals surface area contributed by atoms with Gasteiger partial charge in [-0.15, -0.1) is 0 Å². The van der Waals surface area contributed by atoms with E-state index in [1.807, 2.05) is 6.92 Å². The molecule has 3 heterocycles. The van der Waals surface area contributed by atoms with Gasteiger partial charge in [-0.25, -0.2) is 18.2 Å². The Morgan fingerprint density at radius 3 is 2.85 bits per heavy atom. The van der Waals surface area contributed by atoms with Gasteiger partial charge in [0, 0.05) is 18.3 Å². The number of nitrogens with zero attached hydrogens (tertiary/aromatic N) is 3.